The fourth-order valence-electron chi connectivity index (χ4n) is 3.84. The minimum absolute atomic E-state index is 0.245. The number of morpholine rings is 1. The smallest absolute Gasteiger partial charge is 0.201 e. The molecule has 0 spiro atoms. The highest BCUT2D eigenvalue weighted by Crippen LogP contribution is 2.33. The van der Waals surface area contributed by atoms with Gasteiger partial charge < -0.3 is 9.64 Å². The minimum Gasteiger partial charge on any atom is -0.378 e. The summed E-state index contributed by atoms with van der Waals surface area (Å²) in [4.78, 5) is 7.90. The molecule has 1 aromatic rings. The van der Waals surface area contributed by atoms with E-state index in [4.69, 9.17) is 4.74 Å². The summed E-state index contributed by atoms with van der Waals surface area (Å²) in [7, 11) is 0. The summed E-state index contributed by atoms with van der Waals surface area (Å²) in [5.74, 6) is -0.245. The number of aromatic nitrogens is 1. The van der Waals surface area contributed by atoms with Crippen molar-refractivity contribution in [3.05, 3.63) is 41.5 Å². The van der Waals surface area contributed by atoms with Crippen LogP contribution < -0.4 is 14.8 Å². The van der Waals surface area contributed by atoms with Crippen LogP contribution in [0.3, 0.4) is 0 Å². The van der Waals surface area contributed by atoms with E-state index in [0.29, 0.717) is 18.7 Å². The predicted molar refractivity (Wildman–Crippen MR) is 103 cm³/mol. The molecule has 0 atom stereocenters. The molecule has 0 saturated carbocycles. The Morgan fingerprint density at radius 2 is 1.88 bits per heavy atom. The highest BCUT2D eigenvalue weighted by Gasteiger charge is 2.18. The molecular formula is C20H21FN3OS+. The lowest BCUT2D eigenvalue weighted by atomic mass is 10.2. The van der Waals surface area contributed by atoms with Gasteiger partial charge in [-0.25, -0.2) is 13.9 Å². The Labute approximate surface area is 155 Å². The number of fused-ring (bicyclic) bond motifs is 2. The van der Waals surface area contributed by atoms with E-state index in [2.05, 4.69) is 32.7 Å². The van der Waals surface area contributed by atoms with Crippen molar-refractivity contribution in [1.29, 1.82) is 0 Å². The Bertz CT molecular complexity index is 1000. The van der Waals surface area contributed by atoms with Gasteiger partial charge in [-0.3, -0.25) is 0 Å². The third kappa shape index (κ3) is 2.87. The van der Waals surface area contributed by atoms with Crippen molar-refractivity contribution in [2.75, 3.05) is 44.3 Å². The number of hydrogen-bond donors (Lipinski definition) is 0. The second-order valence-corrected chi connectivity index (χ2v) is 8.02. The van der Waals surface area contributed by atoms with Crippen LogP contribution in [0, 0.1) is 5.82 Å². The minimum atomic E-state index is -0.245. The summed E-state index contributed by atoms with van der Waals surface area (Å²) < 4.78 is 23.5. The average molecular weight is 370 g/mol. The van der Waals surface area contributed by atoms with Crippen LogP contribution >= 0.6 is 11.3 Å². The van der Waals surface area contributed by atoms with Crippen LogP contribution in [0.5, 0.6) is 0 Å². The second-order valence-electron chi connectivity index (χ2n) is 6.93. The molecule has 6 heteroatoms. The van der Waals surface area contributed by atoms with Crippen molar-refractivity contribution >= 4 is 27.2 Å². The predicted octanol–water partition coefficient (Wildman–Crippen LogP) is 2.94. The number of ether oxygens (including phenoxy) is 1. The van der Waals surface area contributed by atoms with Crippen LogP contribution in [0.2, 0.25) is 0 Å². The van der Waals surface area contributed by atoms with Gasteiger partial charge >= 0.3 is 0 Å². The molecule has 0 amide bonds. The fourth-order valence-corrected chi connectivity index (χ4v) is 4.89. The average Bonchev–Trinajstić information content (AvgIpc) is 3.22. The monoisotopic (exact) mass is 370 g/mol. The van der Waals surface area contributed by atoms with Crippen LogP contribution in [0.4, 0.5) is 10.1 Å². The van der Waals surface area contributed by atoms with Gasteiger partial charge in [0.05, 0.1) is 28.5 Å². The van der Waals surface area contributed by atoms with E-state index in [0.717, 1.165) is 47.1 Å². The molecule has 0 radical (unpaired) electrons. The first-order valence-corrected chi connectivity index (χ1v) is 10.0. The van der Waals surface area contributed by atoms with Gasteiger partial charge in [0.15, 0.2) is 5.82 Å². The Kier molecular flexibility index (Phi) is 4.10. The fraction of sp³-hybridized carbons (Fsp3) is 0.400. The summed E-state index contributed by atoms with van der Waals surface area (Å²) in [6.45, 7) is 5.22. The maximum absolute atomic E-state index is 14.7. The van der Waals surface area contributed by atoms with Crippen molar-refractivity contribution in [1.82, 2.24) is 9.56 Å². The molecule has 1 aliphatic carbocycles. The first-order valence-electron chi connectivity index (χ1n) is 9.23. The number of hydrogen-bond acceptors (Lipinski definition) is 4. The third-order valence-electron chi connectivity index (χ3n) is 5.26. The molecule has 2 fully saturated rings. The van der Waals surface area contributed by atoms with Crippen LogP contribution in [-0.2, 0) is 4.74 Å². The van der Waals surface area contributed by atoms with Crippen molar-refractivity contribution in [2.45, 2.75) is 12.8 Å². The molecule has 0 N–H and O–H groups in total. The molecule has 3 heterocycles. The topological polar surface area (TPSA) is 28.4 Å². The Balaban J connectivity index is 1.66. The normalized spacial score (nSPS) is 18.2. The molecule has 0 aromatic heterocycles. The SMILES string of the molecule is Fc1cc(N2CCOCC2)cc2sc3cc(=[N+]4CCCC4)ccc-3nc12. The molecular weight excluding hydrogens is 349 g/mol. The Morgan fingerprint density at radius 3 is 2.69 bits per heavy atom. The zero-order valence-electron chi connectivity index (χ0n) is 14.6. The van der Waals surface area contributed by atoms with Crippen LogP contribution in [-0.4, -0.2) is 44.4 Å². The van der Waals surface area contributed by atoms with Crippen molar-refractivity contribution in [3.63, 3.8) is 0 Å². The summed E-state index contributed by atoms with van der Waals surface area (Å²) in [5, 5.41) is 1.25. The lowest BCUT2D eigenvalue weighted by molar-refractivity contribution is 0.122. The van der Waals surface area contributed by atoms with Gasteiger partial charge in [0.1, 0.15) is 18.6 Å². The maximum Gasteiger partial charge on any atom is 0.201 e. The van der Waals surface area contributed by atoms with Gasteiger partial charge in [0, 0.05) is 43.8 Å². The molecule has 26 heavy (non-hydrogen) atoms. The van der Waals surface area contributed by atoms with Crippen LogP contribution in [0.1, 0.15) is 12.8 Å². The van der Waals surface area contributed by atoms with E-state index >= 15 is 0 Å². The van der Waals surface area contributed by atoms with E-state index in [9.17, 15) is 4.39 Å². The first-order chi connectivity index (χ1) is 12.8. The number of benzene rings is 2. The molecule has 4 aliphatic rings. The van der Waals surface area contributed by atoms with Crippen molar-refractivity contribution in [2.24, 2.45) is 0 Å². The van der Waals surface area contributed by atoms with E-state index in [1.807, 2.05) is 6.07 Å². The van der Waals surface area contributed by atoms with Crippen molar-refractivity contribution < 1.29 is 9.13 Å². The van der Waals surface area contributed by atoms with E-state index < -0.39 is 0 Å². The van der Waals surface area contributed by atoms with Gasteiger partial charge in [0.2, 0.25) is 5.36 Å². The lowest BCUT2D eigenvalue weighted by Gasteiger charge is -2.29. The zero-order chi connectivity index (χ0) is 17.5. The number of nitrogens with zero attached hydrogens (tertiary/aromatic N) is 3. The van der Waals surface area contributed by atoms with E-state index in [1.165, 1.54) is 18.2 Å². The summed E-state index contributed by atoms with van der Waals surface area (Å²) in [6.07, 6.45) is 2.51. The van der Waals surface area contributed by atoms with Crippen LogP contribution in [0.15, 0.2) is 30.3 Å². The van der Waals surface area contributed by atoms with Crippen molar-refractivity contribution in [3.8, 4) is 10.6 Å². The number of halogens is 1. The number of rotatable bonds is 1. The highest BCUT2D eigenvalue weighted by molar-refractivity contribution is 7.21. The largest absolute Gasteiger partial charge is 0.378 e. The first kappa shape index (κ1) is 16.1. The van der Waals surface area contributed by atoms with E-state index in [-0.39, 0.29) is 5.82 Å². The second kappa shape index (κ2) is 6.59. The molecule has 5 rings (SSSR count). The molecule has 0 unspecified atom stereocenters. The summed E-state index contributed by atoms with van der Waals surface area (Å²) >= 11 is 1.63. The maximum atomic E-state index is 14.7. The molecule has 4 nitrogen and oxygen atoms in total. The van der Waals surface area contributed by atoms with Gasteiger partial charge in [-0.05, 0) is 18.2 Å². The molecule has 3 aliphatic heterocycles. The van der Waals surface area contributed by atoms with Crippen LogP contribution in [0.25, 0.3) is 20.8 Å². The number of anilines is 1. The standard InChI is InChI=1S/C20H21FN3OS/c21-16-11-15(24-7-9-25-10-8-24)13-19-20(16)22-17-4-3-14(12-18(17)26-19)23-5-1-2-6-23/h3-4,11-13H,1-2,5-10H2/q+1. The molecule has 1 aromatic carbocycles. The van der Waals surface area contributed by atoms with Gasteiger partial charge in [-0.1, -0.05) is 0 Å². The highest BCUT2D eigenvalue weighted by atomic mass is 32.1. The summed E-state index contributed by atoms with van der Waals surface area (Å²) in [6, 6.07) is 10.0. The van der Waals surface area contributed by atoms with Gasteiger partial charge in [0.25, 0.3) is 0 Å². The molecule has 134 valence electrons. The van der Waals surface area contributed by atoms with Gasteiger partial charge in [-0.2, -0.15) is 0 Å². The summed E-state index contributed by atoms with van der Waals surface area (Å²) in [5.41, 5.74) is 2.25. The third-order valence-corrected chi connectivity index (χ3v) is 6.33. The Morgan fingerprint density at radius 1 is 1.08 bits per heavy atom. The quantitative estimate of drug-likeness (QED) is 0.487. The lowest BCUT2D eigenvalue weighted by Crippen LogP contribution is -2.36. The Hall–Kier alpha value is -2.05. The molecule has 0 bridgehead atoms. The van der Waals surface area contributed by atoms with E-state index in [1.54, 1.807) is 17.4 Å². The zero-order valence-corrected chi connectivity index (χ0v) is 15.4. The molecule has 2 saturated heterocycles. The van der Waals surface area contributed by atoms with Gasteiger partial charge in [-0.15, -0.1) is 11.3 Å².